The van der Waals surface area contributed by atoms with Crippen LogP contribution in [0.1, 0.15) is 57.2 Å². The molecule has 1 aromatic rings. The van der Waals surface area contributed by atoms with Crippen molar-refractivity contribution < 1.29 is 4.79 Å². The Balaban J connectivity index is 2.20. The smallest absolute Gasteiger partial charge is 0.143 e. The van der Waals surface area contributed by atoms with Crippen LogP contribution in [0.3, 0.4) is 0 Å². The Kier molecular flexibility index (Phi) is 3.75. The maximum Gasteiger partial charge on any atom is 0.143 e. The van der Waals surface area contributed by atoms with Gasteiger partial charge in [0.1, 0.15) is 11.6 Å². The van der Waals surface area contributed by atoms with Crippen LogP contribution < -0.4 is 0 Å². The molecule has 88 valence electrons. The highest BCUT2D eigenvalue weighted by atomic mass is 16.1. The summed E-state index contributed by atoms with van der Waals surface area (Å²) in [5.41, 5.74) is 0. The van der Waals surface area contributed by atoms with Crippen LogP contribution >= 0.6 is 0 Å². The van der Waals surface area contributed by atoms with Gasteiger partial charge in [0.05, 0.1) is 5.92 Å². The monoisotopic (exact) mass is 220 g/mol. The fourth-order valence-corrected chi connectivity index (χ4v) is 2.49. The van der Waals surface area contributed by atoms with Gasteiger partial charge in [-0.2, -0.15) is 0 Å². The number of aromatic nitrogens is 2. The van der Waals surface area contributed by atoms with Gasteiger partial charge in [0, 0.05) is 25.4 Å². The molecule has 1 aliphatic carbocycles. The van der Waals surface area contributed by atoms with Crippen molar-refractivity contribution in [3.05, 3.63) is 18.2 Å². The van der Waals surface area contributed by atoms with Gasteiger partial charge in [-0.15, -0.1) is 0 Å². The predicted molar refractivity (Wildman–Crippen MR) is 63.4 cm³/mol. The second-order valence-electron chi connectivity index (χ2n) is 4.60. The molecule has 1 aliphatic rings. The first-order valence-electron chi connectivity index (χ1n) is 6.36. The van der Waals surface area contributed by atoms with Crippen LogP contribution in [0.4, 0.5) is 0 Å². The molecule has 0 saturated heterocycles. The summed E-state index contributed by atoms with van der Waals surface area (Å²) in [6, 6.07) is 0. The first-order valence-corrected chi connectivity index (χ1v) is 6.36. The van der Waals surface area contributed by atoms with Crippen molar-refractivity contribution in [3.8, 4) is 0 Å². The third-order valence-corrected chi connectivity index (χ3v) is 3.33. The van der Waals surface area contributed by atoms with Crippen LogP contribution in [0.2, 0.25) is 0 Å². The van der Waals surface area contributed by atoms with Crippen molar-refractivity contribution in [2.75, 3.05) is 0 Å². The van der Waals surface area contributed by atoms with Gasteiger partial charge in [0.15, 0.2) is 0 Å². The number of hydrogen-bond donors (Lipinski definition) is 0. The number of Topliss-reactive ketones (excluding diaryl/α,β-unsaturated/α-hetero) is 1. The molecule has 2 rings (SSSR count). The summed E-state index contributed by atoms with van der Waals surface area (Å²) in [7, 11) is 0. The first-order chi connectivity index (χ1) is 7.83. The molecule has 1 aromatic heterocycles. The molecule has 0 bridgehead atoms. The largest absolute Gasteiger partial charge is 0.334 e. The van der Waals surface area contributed by atoms with Crippen LogP contribution in [-0.2, 0) is 11.3 Å². The van der Waals surface area contributed by atoms with Gasteiger partial charge in [-0.05, 0) is 19.3 Å². The van der Waals surface area contributed by atoms with Gasteiger partial charge in [-0.1, -0.05) is 19.8 Å². The van der Waals surface area contributed by atoms with Gasteiger partial charge >= 0.3 is 0 Å². The summed E-state index contributed by atoms with van der Waals surface area (Å²) in [5.74, 6) is 1.44. The standard InChI is InChI=1S/C13H20N2O/c1-2-9-15-10-8-14-13(15)11-6-4-3-5-7-12(11)16/h8,10-11H,2-7,9H2,1H3. The van der Waals surface area contributed by atoms with Crippen LogP contribution in [0.5, 0.6) is 0 Å². The molecular formula is C13H20N2O. The minimum atomic E-state index is 0.0593. The van der Waals surface area contributed by atoms with Crippen molar-refractivity contribution in [1.29, 1.82) is 0 Å². The molecule has 0 aromatic carbocycles. The number of aryl methyl sites for hydroxylation is 1. The summed E-state index contributed by atoms with van der Waals surface area (Å²) in [5, 5.41) is 0. The molecule has 0 spiro atoms. The summed E-state index contributed by atoms with van der Waals surface area (Å²) in [6.45, 7) is 3.12. The van der Waals surface area contributed by atoms with E-state index in [9.17, 15) is 4.79 Å². The Hall–Kier alpha value is -1.12. The van der Waals surface area contributed by atoms with E-state index in [1.165, 1.54) is 6.42 Å². The van der Waals surface area contributed by atoms with E-state index in [2.05, 4.69) is 16.5 Å². The first kappa shape index (κ1) is 11.4. The van der Waals surface area contributed by atoms with Crippen molar-refractivity contribution in [2.24, 2.45) is 0 Å². The molecule has 3 nitrogen and oxygen atoms in total. The Morgan fingerprint density at radius 1 is 1.44 bits per heavy atom. The average Bonchev–Trinajstić information content (AvgIpc) is 2.61. The van der Waals surface area contributed by atoms with E-state index in [1.54, 1.807) is 0 Å². The van der Waals surface area contributed by atoms with E-state index in [-0.39, 0.29) is 5.92 Å². The van der Waals surface area contributed by atoms with Crippen molar-refractivity contribution in [2.45, 2.75) is 57.9 Å². The van der Waals surface area contributed by atoms with Crippen LogP contribution in [-0.4, -0.2) is 15.3 Å². The lowest BCUT2D eigenvalue weighted by Gasteiger charge is -2.14. The van der Waals surface area contributed by atoms with E-state index >= 15 is 0 Å². The molecule has 0 aliphatic heterocycles. The maximum absolute atomic E-state index is 12.0. The van der Waals surface area contributed by atoms with Gasteiger partial charge in [0.2, 0.25) is 0 Å². The molecule has 0 N–H and O–H groups in total. The zero-order valence-corrected chi connectivity index (χ0v) is 9.98. The molecule has 16 heavy (non-hydrogen) atoms. The Morgan fingerprint density at radius 3 is 3.12 bits per heavy atom. The van der Waals surface area contributed by atoms with Gasteiger partial charge in [-0.25, -0.2) is 4.98 Å². The second-order valence-corrected chi connectivity index (χ2v) is 4.60. The molecule has 1 fully saturated rings. The maximum atomic E-state index is 12.0. The normalized spacial score (nSPS) is 22.1. The SMILES string of the molecule is CCCn1ccnc1C1CCCCCC1=O. The molecular weight excluding hydrogens is 200 g/mol. The fraction of sp³-hybridized carbons (Fsp3) is 0.692. The molecule has 1 unspecified atom stereocenters. The van der Waals surface area contributed by atoms with E-state index < -0.39 is 0 Å². The minimum absolute atomic E-state index is 0.0593. The summed E-state index contributed by atoms with van der Waals surface area (Å²) >= 11 is 0. The quantitative estimate of drug-likeness (QED) is 0.734. The number of ketones is 1. The topological polar surface area (TPSA) is 34.9 Å². The van der Waals surface area contributed by atoms with E-state index in [1.807, 2.05) is 12.4 Å². The average molecular weight is 220 g/mol. The molecule has 1 saturated carbocycles. The van der Waals surface area contributed by atoms with Gasteiger partial charge < -0.3 is 4.57 Å². The zero-order chi connectivity index (χ0) is 11.4. The zero-order valence-electron chi connectivity index (χ0n) is 9.98. The van der Waals surface area contributed by atoms with Gasteiger partial charge in [0.25, 0.3) is 0 Å². The van der Waals surface area contributed by atoms with Crippen LogP contribution in [0, 0.1) is 0 Å². The fourth-order valence-electron chi connectivity index (χ4n) is 2.49. The molecule has 3 heteroatoms. The molecule has 0 amide bonds. The van der Waals surface area contributed by atoms with E-state index in [0.717, 1.165) is 44.5 Å². The lowest BCUT2D eigenvalue weighted by atomic mass is 9.98. The molecule has 0 radical (unpaired) electrons. The van der Waals surface area contributed by atoms with Crippen LogP contribution in [0.15, 0.2) is 12.4 Å². The Morgan fingerprint density at radius 2 is 2.31 bits per heavy atom. The Bertz CT molecular complexity index is 357. The van der Waals surface area contributed by atoms with E-state index in [4.69, 9.17) is 0 Å². The number of imidazole rings is 1. The summed E-state index contributed by atoms with van der Waals surface area (Å²) in [4.78, 5) is 16.4. The van der Waals surface area contributed by atoms with E-state index in [0.29, 0.717) is 5.78 Å². The number of carbonyl (C=O) groups excluding carboxylic acids is 1. The second kappa shape index (κ2) is 5.28. The highest BCUT2D eigenvalue weighted by Crippen LogP contribution is 2.28. The summed E-state index contributed by atoms with van der Waals surface area (Å²) in [6.07, 6.45) is 10.0. The lowest BCUT2D eigenvalue weighted by molar-refractivity contribution is -0.120. The molecule has 1 atom stereocenters. The van der Waals surface area contributed by atoms with Crippen molar-refractivity contribution in [1.82, 2.24) is 9.55 Å². The third-order valence-electron chi connectivity index (χ3n) is 3.33. The number of hydrogen-bond acceptors (Lipinski definition) is 2. The third kappa shape index (κ3) is 2.34. The predicted octanol–water partition coefficient (Wildman–Crippen LogP) is 2.91. The number of rotatable bonds is 3. The van der Waals surface area contributed by atoms with Crippen molar-refractivity contribution in [3.63, 3.8) is 0 Å². The number of nitrogens with zero attached hydrogens (tertiary/aromatic N) is 2. The van der Waals surface area contributed by atoms with Crippen molar-refractivity contribution >= 4 is 5.78 Å². The number of carbonyl (C=O) groups is 1. The Labute approximate surface area is 96.9 Å². The summed E-state index contributed by atoms with van der Waals surface area (Å²) < 4.78 is 2.15. The molecule has 1 heterocycles. The lowest BCUT2D eigenvalue weighted by Crippen LogP contribution is -2.16. The van der Waals surface area contributed by atoms with Crippen LogP contribution in [0.25, 0.3) is 0 Å². The highest BCUT2D eigenvalue weighted by molar-refractivity contribution is 5.85. The van der Waals surface area contributed by atoms with Gasteiger partial charge in [-0.3, -0.25) is 4.79 Å². The minimum Gasteiger partial charge on any atom is -0.334 e. The highest BCUT2D eigenvalue weighted by Gasteiger charge is 2.25.